The van der Waals surface area contributed by atoms with Gasteiger partial charge in [-0.3, -0.25) is 15.8 Å². The minimum atomic E-state index is 0.0596. The number of nitrogens with two attached hydrogens (primary N) is 2. The van der Waals surface area contributed by atoms with Crippen molar-refractivity contribution in [3.63, 3.8) is 0 Å². The van der Waals surface area contributed by atoms with Crippen LogP contribution in [0.25, 0.3) is 0 Å². The van der Waals surface area contributed by atoms with Gasteiger partial charge in [-0.1, -0.05) is 19.9 Å². The van der Waals surface area contributed by atoms with Crippen LogP contribution in [-0.2, 0) is 13.1 Å². The smallest absolute Gasteiger partial charge is 0.122 e. The first-order valence-electron chi connectivity index (χ1n) is 9.83. The highest BCUT2D eigenvalue weighted by atomic mass is 14.9. The third-order valence-electron chi connectivity index (χ3n) is 4.20. The van der Waals surface area contributed by atoms with Gasteiger partial charge in [-0.15, -0.1) is 0 Å². The number of nitrogen functional groups attached to an aromatic ring is 2. The van der Waals surface area contributed by atoms with E-state index in [0.29, 0.717) is 24.2 Å². The first-order chi connectivity index (χ1) is 14.5. The lowest BCUT2D eigenvalue weighted by Crippen LogP contribution is -2.11. The molecular formula is C23H29N7. The van der Waals surface area contributed by atoms with Crippen LogP contribution in [-0.4, -0.2) is 16.7 Å². The van der Waals surface area contributed by atoms with E-state index in [9.17, 15) is 0 Å². The maximum atomic E-state index is 7.42. The molecule has 0 amide bonds. The number of nitrogens with one attached hydrogen (secondary N) is 4. The van der Waals surface area contributed by atoms with E-state index in [-0.39, 0.29) is 11.7 Å². The largest absolute Gasteiger partial charge is 0.384 e. The Kier molecular flexibility index (Phi) is 8.38. The summed E-state index contributed by atoms with van der Waals surface area (Å²) in [5.41, 5.74) is 16.1. The number of amidine groups is 2. The topological polar surface area (TPSA) is 137 Å². The lowest BCUT2D eigenvalue weighted by atomic mass is 10.2. The number of anilines is 2. The van der Waals surface area contributed by atoms with Crippen LogP contribution in [0.15, 0.2) is 66.7 Å². The molecule has 30 heavy (non-hydrogen) atoms. The fourth-order valence-electron chi connectivity index (χ4n) is 2.65. The van der Waals surface area contributed by atoms with Gasteiger partial charge in [0.15, 0.2) is 0 Å². The van der Waals surface area contributed by atoms with Gasteiger partial charge in [-0.05, 0) is 60.7 Å². The summed E-state index contributed by atoms with van der Waals surface area (Å²) in [6.45, 7) is 5.20. The number of hydrogen-bond acceptors (Lipinski definition) is 5. The van der Waals surface area contributed by atoms with Gasteiger partial charge in [0, 0.05) is 22.5 Å². The standard InChI is InChI=1S/C21H23N7.C2H6/c22-20(23)14-4-8-16(9-5-14)26-12-18-2-1-3-19(28-18)13-27-17-10-6-15(7-11-17)21(24)25;1-2/h1-11,26-27H,12-13H2,(H3,22,23)(H3,24,25);1-2H3. The molecule has 0 unspecified atom stereocenters. The summed E-state index contributed by atoms with van der Waals surface area (Å²) in [6, 6.07) is 20.8. The van der Waals surface area contributed by atoms with Crippen LogP contribution in [0.5, 0.6) is 0 Å². The van der Waals surface area contributed by atoms with Crippen molar-refractivity contribution in [3.05, 3.63) is 89.2 Å². The van der Waals surface area contributed by atoms with E-state index < -0.39 is 0 Å². The summed E-state index contributed by atoms with van der Waals surface area (Å²) in [5, 5.41) is 21.5. The molecule has 2 aromatic carbocycles. The summed E-state index contributed by atoms with van der Waals surface area (Å²) in [5.74, 6) is 0.119. The lowest BCUT2D eigenvalue weighted by Gasteiger charge is -2.10. The molecule has 3 aromatic rings. The van der Waals surface area contributed by atoms with Gasteiger partial charge >= 0.3 is 0 Å². The Bertz CT molecular complexity index is 887. The summed E-state index contributed by atoms with van der Waals surface area (Å²) in [6.07, 6.45) is 0. The van der Waals surface area contributed by atoms with E-state index in [0.717, 1.165) is 22.8 Å². The van der Waals surface area contributed by atoms with E-state index in [1.54, 1.807) is 0 Å². The molecule has 8 N–H and O–H groups in total. The zero-order chi connectivity index (χ0) is 21.9. The molecule has 1 aromatic heterocycles. The van der Waals surface area contributed by atoms with E-state index in [4.69, 9.17) is 22.3 Å². The third-order valence-corrected chi connectivity index (χ3v) is 4.20. The summed E-state index contributed by atoms with van der Waals surface area (Å²) in [7, 11) is 0. The molecule has 3 rings (SSSR count). The zero-order valence-electron chi connectivity index (χ0n) is 17.4. The van der Waals surface area contributed by atoms with Crippen molar-refractivity contribution < 1.29 is 0 Å². The second kappa shape index (κ2) is 11.2. The molecule has 156 valence electrons. The summed E-state index contributed by atoms with van der Waals surface area (Å²) >= 11 is 0. The number of rotatable bonds is 8. The Hall–Kier alpha value is -3.87. The third kappa shape index (κ3) is 6.63. The summed E-state index contributed by atoms with van der Waals surface area (Å²) < 4.78 is 0. The van der Waals surface area contributed by atoms with Crippen molar-refractivity contribution in [2.45, 2.75) is 26.9 Å². The fourth-order valence-corrected chi connectivity index (χ4v) is 2.65. The van der Waals surface area contributed by atoms with Crippen molar-refractivity contribution in [1.29, 1.82) is 10.8 Å². The molecule has 7 nitrogen and oxygen atoms in total. The maximum Gasteiger partial charge on any atom is 0.122 e. The molecule has 0 aliphatic heterocycles. The zero-order valence-corrected chi connectivity index (χ0v) is 17.4. The molecule has 0 saturated heterocycles. The van der Waals surface area contributed by atoms with E-state index in [2.05, 4.69) is 15.6 Å². The molecule has 0 spiro atoms. The highest BCUT2D eigenvalue weighted by Gasteiger charge is 2.01. The van der Waals surface area contributed by atoms with Gasteiger partial charge in [0.05, 0.1) is 24.5 Å². The Balaban J connectivity index is 0.00000155. The number of pyridine rings is 1. The van der Waals surface area contributed by atoms with Crippen LogP contribution >= 0.6 is 0 Å². The Morgan fingerprint density at radius 3 is 1.40 bits per heavy atom. The molecule has 0 radical (unpaired) electrons. The first kappa shape index (κ1) is 22.4. The van der Waals surface area contributed by atoms with Gasteiger partial charge in [-0.2, -0.15) is 0 Å². The van der Waals surface area contributed by atoms with Crippen molar-refractivity contribution in [2.75, 3.05) is 10.6 Å². The van der Waals surface area contributed by atoms with Crippen LogP contribution in [0, 0.1) is 10.8 Å². The molecular weight excluding hydrogens is 374 g/mol. The minimum Gasteiger partial charge on any atom is -0.384 e. The van der Waals surface area contributed by atoms with E-state index in [1.807, 2.05) is 80.6 Å². The molecule has 7 heteroatoms. The van der Waals surface area contributed by atoms with Crippen molar-refractivity contribution >= 4 is 23.0 Å². The molecule has 0 saturated carbocycles. The molecule has 0 fully saturated rings. The highest BCUT2D eigenvalue weighted by Crippen LogP contribution is 2.12. The monoisotopic (exact) mass is 403 g/mol. The van der Waals surface area contributed by atoms with Crippen LogP contribution in [0.1, 0.15) is 36.4 Å². The number of nitrogens with zero attached hydrogens (tertiary/aromatic N) is 1. The number of aromatic nitrogens is 1. The minimum absolute atomic E-state index is 0.0596. The van der Waals surface area contributed by atoms with Crippen molar-refractivity contribution in [1.82, 2.24) is 4.98 Å². The quantitative estimate of drug-likeness (QED) is 0.250. The highest BCUT2D eigenvalue weighted by molar-refractivity contribution is 5.95. The molecule has 0 aliphatic carbocycles. The van der Waals surface area contributed by atoms with Crippen molar-refractivity contribution in [2.24, 2.45) is 11.5 Å². The Morgan fingerprint density at radius 2 is 1.07 bits per heavy atom. The van der Waals surface area contributed by atoms with Gasteiger partial charge in [-0.25, -0.2) is 0 Å². The molecule has 0 bridgehead atoms. The molecule has 1 heterocycles. The van der Waals surface area contributed by atoms with Crippen LogP contribution in [0.3, 0.4) is 0 Å². The molecule has 0 atom stereocenters. The SMILES string of the molecule is CC.N=C(N)c1ccc(NCc2cccc(CNc3ccc(C(=N)N)cc3)n2)cc1. The van der Waals surface area contributed by atoms with Gasteiger partial charge in [0.2, 0.25) is 0 Å². The Labute approximate surface area is 177 Å². The van der Waals surface area contributed by atoms with Crippen molar-refractivity contribution in [3.8, 4) is 0 Å². The average molecular weight is 404 g/mol. The lowest BCUT2D eigenvalue weighted by molar-refractivity contribution is 0.966. The predicted molar refractivity (Wildman–Crippen MR) is 125 cm³/mol. The summed E-state index contributed by atoms with van der Waals surface area (Å²) in [4.78, 5) is 4.66. The second-order valence-corrected chi connectivity index (χ2v) is 6.31. The maximum absolute atomic E-state index is 7.42. The molecule has 0 aliphatic rings. The average Bonchev–Trinajstić information content (AvgIpc) is 2.78. The normalized spacial score (nSPS) is 9.80. The second-order valence-electron chi connectivity index (χ2n) is 6.31. The van der Waals surface area contributed by atoms with Gasteiger partial charge in [0.1, 0.15) is 11.7 Å². The van der Waals surface area contributed by atoms with E-state index >= 15 is 0 Å². The van der Waals surface area contributed by atoms with Crippen LogP contribution < -0.4 is 22.1 Å². The Morgan fingerprint density at radius 1 is 0.700 bits per heavy atom. The number of benzene rings is 2. The first-order valence-corrected chi connectivity index (χ1v) is 9.83. The fraction of sp³-hybridized carbons (Fsp3) is 0.174. The number of hydrogen-bond donors (Lipinski definition) is 6. The van der Waals surface area contributed by atoms with Crippen LogP contribution in [0.2, 0.25) is 0 Å². The predicted octanol–water partition coefficient (Wildman–Crippen LogP) is 3.90. The van der Waals surface area contributed by atoms with Gasteiger partial charge in [0.25, 0.3) is 0 Å². The van der Waals surface area contributed by atoms with E-state index in [1.165, 1.54) is 0 Å². The van der Waals surface area contributed by atoms with Crippen LogP contribution in [0.4, 0.5) is 11.4 Å². The van der Waals surface area contributed by atoms with Gasteiger partial charge < -0.3 is 22.1 Å².